The lowest BCUT2D eigenvalue weighted by atomic mass is 9.96. The summed E-state index contributed by atoms with van der Waals surface area (Å²) in [6.45, 7) is 2.49. The fraction of sp³-hybridized carbons (Fsp3) is 0.348. The first-order valence-electron chi connectivity index (χ1n) is 10.0. The third-order valence-electron chi connectivity index (χ3n) is 5.12. The fourth-order valence-electron chi connectivity index (χ4n) is 3.62. The number of hydrogen-bond donors (Lipinski definition) is 2. The average molecular weight is 409 g/mol. The molecule has 0 bridgehead atoms. The Labute approximate surface area is 176 Å². The molecule has 1 aliphatic heterocycles. The monoisotopic (exact) mass is 409 g/mol. The van der Waals surface area contributed by atoms with Gasteiger partial charge < -0.3 is 20.3 Å². The molecule has 0 radical (unpaired) electrons. The van der Waals surface area contributed by atoms with E-state index in [2.05, 4.69) is 10.6 Å². The number of carbonyl (C=O) groups excluding carboxylic acids is 3. The number of amides is 3. The van der Waals surface area contributed by atoms with Crippen molar-refractivity contribution in [1.82, 2.24) is 4.90 Å². The van der Waals surface area contributed by atoms with Gasteiger partial charge in [0.15, 0.2) is 0 Å². The maximum Gasteiger partial charge on any atom is 0.229 e. The summed E-state index contributed by atoms with van der Waals surface area (Å²) in [6, 6.07) is 14.7. The molecule has 2 N–H and O–H groups in total. The van der Waals surface area contributed by atoms with E-state index in [0.29, 0.717) is 36.6 Å². The van der Waals surface area contributed by atoms with Gasteiger partial charge in [0, 0.05) is 25.7 Å². The van der Waals surface area contributed by atoms with Crippen LogP contribution in [0.4, 0.5) is 11.4 Å². The molecule has 1 aliphatic rings. The van der Waals surface area contributed by atoms with Crippen molar-refractivity contribution in [1.29, 1.82) is 0 Å². The van der Waals surface area contributed by atoms with Crippen LogP contribution in [0.3, 0.4) is 0 Å². The predicted octanol–water partition coefficient (Wildman–Crippen LogP) is 3.07. The molecule has 3 amide bonds. The Morgan fingerprint density at radius 2 is 1.87 bits per heavy atom. The van der Waals surface area contributed by atoms with Crippen LogP contribution in [0.1, 0.15) is 25.3 Å². The van der Waals surface area contributed by atoms with Gasteiger partial charge in [-0.2, -0.15) is 0 Å². The second kappa shape index (κ2) is 9.91. The number of likely N-dealkylation sites (tertiary alicyclic amines) is 1. The zero-order chi connectivity index (χ0) is 21.5. The van der Waals surface area contributed by atoms with Crippen molar-refractivity contribution in [2.75, 3.05) is 30.8 Å². The third kappa shape index (κ3) is 5.59. The lowest BCUT2D eigenvalue weighted by molar-refractivity contribution is -0.134. The third-order valence-corrected chi connectivity index (χ3v) is 5.12. The van der Waals surface area contributed by atoms with Gasteiger partial charge >= 0.3 is 0 Å². The predicted molar refractivity (Wildman–Crippen MR) is 115 cm³/mol. The summed E-state index contributed by atoms with van der Waals surface area (Å²) >= 11 is 0. The molecule has 0 aromatic heterocycles. The first kappa shape index (κ1) is 21.4. The molecule has 30 heavy (non-hydrogen) atoms. The lowest BCUT2D eigenvalue weighted by Gasteiger charge is -2.32. The fourth-order valence-corrected chi connectivity index (χ4v) is 3.62. The minimum Gasteiger partial charge on any atom is -0.495 e. The van der Waals surface area contributed by atoms with Crippen molar-refractivity contribution in [2.24, 2.45) is 5.92 Å². The summed E-state index contributed by atoms with van der Waals surface area (Å²) < 4.78 is 5.24. The summed E-state index contributed by atoms with van der Waals surface area (Å²) in [7, 11) is 1.52. The van der Waals surface area contributed by atoms with Crippen LogP contribution in [0.2, 0.25) is 0 Å². The van der Waals surface area contributed by atoms with Crippen LogP contribution in [-0.2, 0) is 20.8 Å². The second-order valence-corrected chi connectivity index (χ2v) is 7.43. The average Bonchev–Trinajstić information content (AvgIpc) is 2.74. The van der Waals surface area contributed by atoms with Gasteiger partial charge in [0.05, 0.1) is 25.1 Å². The first-order valence-corrected chi connectivity index (χ1v) is 10.0. The van der Waals surface area contributed by atoms with Crippen molar-refractivity contribution in [3.63, 3.8) is 0 Å². The topological polar surface area (TPSA) is 87.7 Å². The molecular weight excluding hydrogens is 382 g/mol. The van der Waals surface area contributed by atoms with E-state index in [1.807, 2.05) is 30.3 Å². The Balaban J connectivity index is 1.62. The van der Waals surface area contributed by atoms with Crippen LogP contribution < -0.4 is 15.4 Å². The van der Waals surface area contributed by atoms with Gasteiger partial charge in [-0.3, -0.25) is 14.4 Å². The van der Waals surface area contributed by atoms with E-state index >= 15 is 0 Å². The second-order valence-electron chi connectivity index (χ2n) is 7.43. The highest BCUT2D eigenvalue weighted by Gasteiger charge is 2.28. The van der Waals surface area contributed by atoms with Crippen molar-refractivity contribution < 1.29 is 19.1 Å². The van der Waals surface area contributed by atoms with Gasteiger partial charge in [-0.1, -0.05) is 30.3 Å². The largest absolute Gasteiger partial charge is 0.495 e. The van der Waals surface area contributed by atoms with Crippen LogP contribution in [-0.4, -0.2) is 42.8 Å². The maximum absolute atomic E-state index is 12.8. The molecule has 1 atom stereocenters. The number of anilines is 2. The first-order chi connectivity index (χ1) is 14.5. The molecule has 3 rings (SSSR count). The van der Waals surface area contributed by atoms with Crippen LogP contribution in [0.5, 0.6) is 5.75 Å². The van der Waals surface area contributed by atoms with E-state index in [0.717, 1.165) is 18.4 Å². The molecule has 0 spiro atoms. The van der Waals surface area contributed by atoms with Crippen LogP contribution in [0.25, 0.3) is 0 Å². The highest BCUT2D eigenvalue weighted by atomic mass is 16.5. The highest BCUT2D eigenvalue weighted by molar-refractivity contribution is 5.96. The van der Waals surface area contributed by atoms with Crippen molar-refractivity contribution in [2.45, 2.75) is 26.2 Å². The van der Waals surface area contributed by atoms with E-state index in [4.69, 9.17) is 4.74 Å². The van der Waals surface area contributed by atoms with Crippen LogP contribution in [0.15, 0.2) is 48.5 Å². The Bertz CT molecular complexity index is 914. The van der Waals surface area contributed by atoms with Crippen LogP contribution in [0, 0.1) is 5.92 Å². The number of rotatable bonds is 6. The summed E-state index contributed by atoms with van der Waals surface area (Å²) in [5.41, 5.74) is 2.03. The molecular formula is C23H27N3O4. The number of benzene rings is 2. The number of nitrogens with one attached hydrogen (secondary N) is 2. The van der Waals surface area contributed by atoms with E-state index < -0.39 is 0 Å². The summed E-state index contributed by atoms with van der Waals surface area (Å²) in [5, 5.41) is 5.60. The summed E-state index contributed by atoms with van der Waals surface area (Å²) in [6.07, 6.45) is 1.86. The number of methoxy groups -OCH3 is 1. The minimum atomic E-state index is -0.273. The van der Waals surface area contributed by atoms with Gasteiger partial charge in [-0.15, -0.1) is 0 Å². The van der Waals surface area contributed by atoms with E-state index in [1.54, 1.807) is 23.1 Å². The number of carbonyl (C=O) groups is 3. The molecule has 0 unspecified atom stereocenters. The lowest BCUT2D eigenvalue weighted by Crippen LogP contribution is -2.44. The molecule has 2 aromatic carbocycles. The Morgan fingerprint density at radius 1 is 1.10 bits per heavy atom. The Kier molecular flexibility index (Phi) is 7.06. The van der Waals surface area contributed by atoms with Crippen molar-refractivity contribution in [3.05, 3.63) is 54.1 Å². The molecule has 1 fully saturated rings. The SMILES string of the molecule is COc1ccc(NC(=O)[C@H]2CCCN(C(=O)Cc3ccccc3)C2)cc1NC(C)=O. The number of nitrogens with zero attached hydrogens (tertiary/aromatic N) is 1. The Hall–Kier alpha value is -3.35. The van der Waals surface area contributed by atoms with Crippen molar-refractivity contribution >= 4 is 29.1 Å². The molecule has 158 valence electrons. The number of ether oxygens (including phenoxy) is 1. The van der Waals surface area contributed by atoms with E-state index in [9.17, 15) is 14.4 Å². The highest BCUT2D eigenvalue weighted by Crippen LogP contribution is 2.28. The van der Waals surface area contributed by atoms with Gasteiger partial charge in [0.2, 0.25) is 17.7 Å². The molecule has 7 heteroatoms. The quantitative estimate of drug-likeness (QED) is 0.768. The Morgan fingerprint density at radius 3 is 2.57 bits per heavy atom. The number of piperidine rings is 1. The number of hydrogen-bond acceptors (Lipinski definition) is 4. The van der Waals surface area contributed by atoms with E-state index in [-0.39, 0.29) is 23.6 Å². The summed E-state index contributed by atoms with van der Waals surface area (Å²) in [5.74, 6) is -0.0813. The molecule has 1 saturated heterocycles. The smallest absolute Gasteiger partial charge is 0.229 e. The molecule has 0 aliphatic carbocycles. The van der Waals surface area contributed by atoms with Gasteiger partial charge in [0.25, 0.3) is 0 Å². The van der Waals surface area contributed by atoms with E-state index in [1.165, 1.54) is 14.0 Å². The minimum absolute atomic E-state index is 0.0380. The maximum atomic E-state index is 12.8. The molecule has 7 nitrogen and oxygen atoms in total. The normalized spacial score (nSPS) is 15.9. The standard InChI is InChI=1S/C23H27N3O4/c1-16(27)24-20-14-19(10-11-21(20)30-2)25-23(29)18-9-6-12-26(15-18)22(28)13-17-7-4-3-5-8-17/h3-5,7-8,10-11,14,18H,6,9,12-13,15H2,1-2H3,(H,24,27)(H,25,29)/t18-/m0/s1. The molecule has 2 aromatic rings. The van der Waals surface area contributed by atoms with Gasteiger partial charge in [-0.05, 0) is 36.6 Å². The zero-order valence-corrected chi connectivity index (χ0v) is 17.3. The van der Waals surface area contributed by atoms with Gasteiger partial charge in [0.1, 0.15) is 5.75 Å². The molecule has 1 heterocycles. The zero-order valence-electron chi connectivity index (χ0n) is 17.3. The van der Waals surface area contributed by atoms with Gasteiger partial charge in [-0.25, -0.2) is 0 Å². The van der Waals surface area contributed by atoms with Crippen LogP contribution >= 0.6 is 0 Å². The van der Waals surface area contributed by atoms with Crippen molar-refractivity contribution in [3.8, 4) is 5.75 Å². The summed E-state index contributed by atoms with van der Waals surface area (Å²) in [4.78, 5) is 38.6. The molecule has 0 saturated carbocycles.